The van der Waals surface area contributed by atoms with Crippen LogP contribution in [0.2, 0.25) is 0 Å². The molecule has 1 aromatic carbocycles. The fourth-order valence-corrected chi connectivity index (χ4v) is 4.26. The van der Waals surface area contributed by atoms with Crippen molar-refractivity contribution in [1.29, 1.82) is 0 Å². The van der Waals surface area contributed by atoms with Gasteiger partial charge in [-0.25, -0.2) is 8.42 Å². The Kier molecular flexibility index (Phi) is 4.30. The fraction of sp³-hybridized carbons (Fsp3) is 0.438. The minimum absolute atomic E-state index is 0.218. The average Bonchev–Trinajstić information content (AvgIpc) is 3.16. The molecule has 0 saturated heterocycles. The Morgan fingerprint density at radius 2 is 1.96 bits per heavy atom. The first-order chi connectivity index (χ1) is 11.0. The van der Waals surface area contributed by atoms with E-state index in [4.69, 9.17) is 4.74 Å². The van der Waals surface area contributed by atoms with Gasteiger partial charge in [0.1, 0.15) is 10.6 Å². The third-order valence-electron chi connectivity index (χ3n) is 4.21. The second kappa shape index (κ2) is 6.23. The molecular formula is C16H21N3O3S. The number of nitrogens with zero attached hydrogens (tertiary/aromatic N) is 2. The van der Waals surface area contributed by atoms with E-state index in [1.165, 1.54) is 20.0 Å². The molecule has 3 rings (SSSR count). The molecule has 2 aromatic rings. The van der Waals surface area contributed by atoms with E-state index in [0.29, 0.717) is 23.2 Å². The van der Waals surface area contributed by atoms with Crippen molar-refractivity contribution < 1.29 is 13.2 Å². The van der Waals surface area contributed by atoms with Gasteiger partial charge in [0.25, 0.3) is 10.0 Å². The monoisotopic (exact) mass is 335 g/mol. The molecule has 1 aliphatic carbocycles. The quantitative estimate of drug-likeness (QED) is 0.911. The van der Waals surface area contributed by atoms with Gasteiger partial charge in [0.15, 0.2) is 0 Å². The van der Waals surface area contributed by atoms with E-state index >= 15 is 0 Å². The van der Waals surface area contributed by atoms with E-state index in [1.807, 2.05) is 0 Å². The van der Waals surface area contributed by atoms with Crippen molar-refractivity contribution in [3.05, 3.63) is 36.2 Å². The van der Waals surface area contributed by atoms with Crippen LogP contribution in [0.15, 0.2) is 35.4 Å². The van der Waals surface area contributed by atoms with E-state index in [-0.39, 0.29) is 4.90 Å². The molecule has 23 heavy (non-hydrogen) atoms. The van der Waals surface area contributed by atoms with Gasteiger partial charge in [-0.05, 0) is 31.9 Å². The molecule has 1 heterocycles. The number of ether oxygens (including phenoxy) is 1. The van der Waals surface area contributed by atoms with Gasteiger partial charge in [-0.3, -0.25) is 9.40 Å². The lowest BCUT2D eigenvalue weighted by molar-refractivity contribution is 0.417. The summed E-state index contributed by atoms with van der Waals surface area (Å²) in [6.07, 6.45) is 6.10. The third kappa shape index (κ3) is 3.19. The summed E-state index contributed by atoms with van der Waals surface area (Å²) in [5, 5.41) is 4.41. The summed E-state index contributed by atoms with van der Waals surface area (Å²) in [6.45, 7) is 1.72. The molecule has 1 aromatic heterocycles. The summed E-state index contributed by atoms with van der Waals surface area (Å²) in [7, 11) is -2.19. The van der Waals surface area contributed by atoms with Crippen LogP contribution in [-0.2, 0) is 10.0 Å². The lowest BCUT2D eigenvalue weighted by Crippen LogP contribution is -2.14. The zero-order valence-electron chi connectivity index (χ0n) is 13.3. The van der Waals surface area contributed by atoms with Gasteiger partial charge in [0, 0.05) is 6.20 Å². The predicted octanol–water partition coefficient (Wildman–Crippen LogP) is 3.12. The van der Waals surface area contributed by atoms with Gasteiger partial charge in [0.05, 0.1) is 24.5 Å². The maximum absolute atomic E-state index is 12.7. The van der Waals surface area contributed by atoms with Crippen LogP contribution < -0.4 is 9.46 Å². The maximum atomic E-state index is 12.7. The zero-order valence-corrected chi connectivity index (χ0v) is 14.1. The average molecular weight is 335 g/mol. The van der Waals surface area contributed by atoms with Gasteiger partial charge >= 0.3 is 0 Å². The van der Waals surface area contributed by atoms with Crippen LogP contribution in [0.4, 0.5) is 5.69 Å². The summed E-state index contributed by atoms with van der Waals surface area (Å²) >= 11 is 0. The van der Waals surface area contributed by atoms with Crippen molar-refractivity contribution in [1.82, 2.24) is 9.78 Å². The summed E-state index contributed by atoms with van der Waals surface area (Å²) in [4.78, 5) is 0.218. The summed E-state index contributed by atoms with van der Waals surface area (Å²) < 4.78 is 35.0. The number of methoxy groups -OCH3 is 1. The first kappa shape index (κ1) is 15.9. The standard InChI is InChI=1S/C16H21N3O3S/c1-12-16(11-19(17-12)13-7-3-4-8-13)23(20,21)18-14-9-5-6-10-15(14)22-2/h5-6,9-11,13,18H,3-4,7-8H2,1-2H3. The van der Waals surface area contributed by atoms with E-state index in [0.717, 1.165) is 12.8 Å². The zero-order chi connectivity index (χ0) is 16.4. The lowest BCUT2D eigenvalue weighted by Gasteiger charge is -2.11. The van der Waals surface area contributed by atoms with Crippen molar-refractivity contribution in [3.63, 3.8) is 0 Å². The van der Waals surface area contributed by atoms with Gasteiger partial charge in [-0.2, -0.15) is 5.10 Å². The summed E-state index contributed by atoms with van der Waals surface area (Å²) in [5.41, 5.74) is 0.933. The molecule has 0 unspecified atom stereocenters. The highest BCUT2D eigenvalue weighted by atomic mass is 32.2. The Balaban J connectivity index is 1.90. The highest BCUT2D eigenvalue weighted by Crippen LogP contribution is 2.31. The highest BCUT2D eigenvalue weighted by Gasteiger charge is 2.25. The molecule has 6 nitrogen and oxygen atoms in total. The topological polar surface area (TPSA) is 73.2 Å². The van der Waals surface area contributed by atoms with E-state index < -0.39 is 10.0 Å². The molecular weight excluding hydrogens is 314 g/mol. The number of hydrogen-bond acceptors (Lipinski definition) is 4. The largest absolute Gasteiger partial charge is 0.495 e. The van der Waals surface area contributed by atoms with Crippen LogP contribution in [0.1, 0.15) is 37.4 Å². The first-order valence-electron chi connectivity index (χ1n) is 7.73. The van der Waals surface area contributed by atoms with Crippen molar-refractivity contribution in [3.8, 4) is 5.75 Å². The number of nitrogens with one attached hydrogen (secondary N) is 1. The van der Waals surface area contributed by atoms with Crippen molar-refractivity contribution >= 4 is 15.7 Å². The van der Waals surface area contributed by atoms with Gasteiger partial charge in [-0.1, -0.05) is 25.0 Å². The molecule has 0 radical (unpaired) electrons. The van der Waals surface area contributed by atoms with Crippen LogP contribution in [0.25, 0.3) is 0 Å². The summed E-state index contributed by atoms with van der Waals surface area (Å²) in [6, 6.07) is 7.25. The molecule has 0 aliphatic heterocycles. The van der Waals surface area contributed by atoms with Crippen LogP contribution >= 0.6 is 0 Å². The molecule has 124 valence electrons. The van der Waals surface area contributed by atoms with Gasteiger partial charge in [0.2, 0.25) is 0 Å². The number of benzene rings is 1. The van der Waals surface area contributed by atoms with Crippen molar-refractivity contribution in [2.45, 2.75) is 43.5 Å². The molecule has 0 atom stereocenters. The normalized spacial score (nSPS) is 15.7. The number of sulfonamides is 1. The van der Waals surface area contributed by atoms with Crippen LogP contribution in [0.5, 0.6) is 5.75 Å². The molecule has 0 amide bonds. The molecule has 1 N–H and O–H groups in total. The molecule has 1 fully saturated rings. The van der Waals surface area contributed by atoms with Crippen LogP contribution in [-0.4, -0.2) is 25.3 Å². The minimum Gasteiger partial charge on any atom is -0.495 e. The molecule has 1 saturated carbocycles. The maximum Gasteiger partial charge on any atom is 0.265 e. The van der Waals surface area contributed by atoms with Gasteiger partial charge < -0.3 is 4.74 Å². The smallest absolute Gasteiger partial charge is 0.265 e. The second-order valence-electron chi connectivity index (χ2n) is 5.80. The van der Waals surface area contributed by atoms with Crippen LogP contribution in [0.3, 0.4) is 0 Å². The number of rotatable bonds is 5. The van der Waals surface area contributed by atoms with E-state index in [1.54, 1.807) is 42.1 Å². The number of para-hydroxylation sites is 2. The fourth-order valence-electron chi connectivity index (χ4n) is 3.01. The van der Waals surface area contributed by atoms with Crippen molar-refractivity contribution in [2.75, 3.05) is 11.8 Å². The Labute approximate surface area is 136 Å². The number of aryl methyl sites for hydroxylation is 1. The molecule has 1 aliphatic rings. The van der Waals surface area contributed by atoms with Gasteiger partial charge in [-0.15, -0.1) is 0 Å². The SMILES string of the molecule is COc1ccccc1NS(=O)(=O)c1cn(C2CCCC2)nc1C. The number of anilines is 1. The predicted molar refractivity (Wildman–Crippen MR) is 88.3 cm³/mol. The van der Waals surface area contributed by atoms with E-state index in [9.17, 15) is 8.42 Å². The summed E-state index contributed by atoms with van der Waals surface area (Å²) in [5.74, 6) is 0.483. The Hall–Kier alpha value is -2.02. The number of aromatic nitrogens is 2. The minimum atomic E-state index is -3.70. The van der Waals surface area contributed by atoms with Crippen LogP contribution in [0, 0.1) is 6.92 Å². The molecule has 0 bridgehead atoms. The van der Waals surface area contributed by atoms with E-state index in [2.05, 4.69) is 9.82 Å². The second-order valence-corrected chi connectivity index (χ2v) is 7.45. The molecule has 0 spiro atoms. The Morgan fingerprint density at radius 1 is 1.26 bits per heavy atom. The third-order valence-corrected chi connectivity index (χ3v) is 5.68. The Morgan fingerprint density at radius 3 is 2.65 bits per heavy atom. The van der Waals surface area contributed by atoms with Crippen molar-refractivity contribution in [2.24, 2.45) is 0 Å². The highest BCUT2D eigenvalue weighted by molar-refractivity contribution is 7.92. The number of hydrogen-bond donors (Lipinski definition) is 1. The first-order valence-corrected chi connectivity index (χ1v) is 9.21. The lowest BCUT2D eigenvalue weighted by atomic mass is 10.3. The Bertz CT molecular complexity index is 793. The molecule has 7 heteroatoms.